The van der Waals surface area contributed by atoms with Gasteiger partial charge in [0.1, 0.15) is 16.1 Å². The van der Waals surface area contributed by atoms with Crippen LogP contribution in [0.3, 0.4) is 0 Å². The summed E-state index contributed by atoms with van der Waals surface area (Å²) < 4.78 is 0. The number of allylic oxidation sites excluding steroid dienone is 2. The van der Waals surface area contributed by atoms with Crippen molar-refractivity contribution in [3.63, 3.8) is 0 Å². The second-order valence-electron chi connectivity index (χ2n) is 10.0. The Bertz CT molecular complexity index is 1040. The molecule has 4 aromatic carbocycles. The summed E-state index contributed by atoms with van der Waals surface area (Å²) in [6, 6.07) is 47.2. The van der Waals surface area contributed by atoms with Gasteiger partial charge < -0.3 is 0 Å². The molecular formula is C32H36Si2. The lowest BCUT2D eigenvalue weighted by molar-refractivity contribution is 1.19. The monoisotopic (exact) mass is 476 g/mol. The minimum absolute atomic E-state index is 1.15. The summed E-state index contributed by atoms with van der Waals surface area (Å²) >= 11 is 0. The van der Waals surface area contributed by atoms with Gasteiger partial charge >= 0.3 is 0 Å². The molecule has 34 heavy (non-hydrogen) atoms. The highest BCUT2D eigenvalue weighted by molar-refractivity contribution is 7.02. The lowest BCUT2D eigenvalue weighted by Gasteiger charge is -2.32. The third-order valence-electron chi connectivity index (χ3n) is 7.61. The minimum Gasteiger partial charge on any atom is -0.0767 e. The fourth-order valence-electron chi connectivity index (χ4n) is 5.33. The van der Waals surface area contributed by atoms with Crippen LogP contribution < -0.4 is 20.7 Å². The van der Waals surface area contributed by atoms with E-state index in [2.05, 4.69) is 148 Å². The Morgan fingerprint density at radius 3 is 0.824 bits per heavy atom. The van der Waals surface area contributed by atoms with E-state index < -0.39 is 16.1 Å². The van der Waals surface area contributed by atoms with E-state index in [9.17, 15) is 0 Å². The maximum absolute atomic E-state index is 2.54. The van der Waals surface area contributed by atoms with Gasteiger partial charge in [0.05, 0.1) is 0 Å². The summed E-state index contributed by atoms with van der Waals surface area (Å²) in [7, 11) is -3.81. The van der Waals surface area contributed by atoms with E-state index in [1.54, 1.807) is 11.1 Å². The van der Waals surface area contributed by atoms with Gasteiger partial charge in [0.2, 0.25) is 0 Å². The first-order chi connectivity index (χ1) is 16.4. The first kappa shape index (κ1) is 24.2. The molecule has 0 unspecified atom stereocenters. The molecule has 0 fully saturated rings. The Labute approximate surface area is 208 Å². The van der Waals surface area contributed by atoms with Crippen LogP contribution in [0.15, 0.2) is 132 Å². The van der Waals surface area contributed by atoms with E-state index in [-0.39, 0.29) is 0 Å². The number of benzene rings is 4. The fourth-order valence-corrected chi connectivity index (χ4v) is 13.2. The van der Waals surface area contributed by atoms with E-state index in [1.807, 2.05) is 0 Å². The second-order valence-corrected chi connectivity index (χ2v) is 18.4. The summed E-state index contributed by atoms with van der Waals surface area (Å²) in [5, 5.41) is 6.05. The first-order valence-electron chi connectivity index (χ1n) is 12.3. The molecule has 0 aromatic heterocycles. The molecule has 0 spiro atoms. The normalized spacial score (nSPS) is 12.8. The molecule has 0 saturated carbocycles. The molecule has 0 nitrogen and oxygen atoms in total. The van der Waals surface area contributed by atoms with Crippen molar-refractivity contribution in [2.75, 3.05) is 0 Å². The third-order valence-corrected chi connectivity index (χ3v) is 16.5. The van der Waals surface area contributed by atoms with Crippen molar-refractivity contribution >= 4 is 36.9 Å². The first-order valence-corrected chi connectivity index (χ1v) is 17.7. The van der Waals surface area contributed by atoms with Crippen LogP contribution in [0.1, 0.15) is 13.8 Å². The van der Waals surface area contributed by atoms with E-state index in [1.165, 1.54) is 20.7 Å². The molecule has 2 heteroatoms. The van der Waals surface area contributed by atoms with Crippen molar-refractivity contribution in [2.45, 2.75) is 39.0 Å². The molecule has 172 valence electrons. The molecule has 4 rings (SSSR count). The van der Waals surface area contributed by atoms with Crippen LogP contribution in [-0.2, 0) is 0 Å². The van der Waals surface area contributed by atoms with Crippen molar-refractivity contribution in [3.05, 3.63) is 132 Å². The fraction of sp³-hybridized carbons (Fsp3) is 0.188. The molecule has 0 saturated heterocycles. The predicted octanol–water partition coefficient (Wildman–Crippen LogP) is 6.11. The molecule has 0 radical (unpaired) electrons. The zero-order valence-corrected chi connectivity index (χ0v) is 23.0. The Hall–Kier alpha value is -2.95. The smallest absolute Gasteiger partial charge is 0.0767 e. The Kier molecular flexibility index (Phi) is 7.50. The van der Waals surface area contributed by atoms with Crippen LogP contribution in [0.2, 0.25) is 25.2 Å². The maximum Gasteiger partial charge on any atom is 0.119 e. The molecule has 0 N–H and O–H groups in total. The van der Waals surface area contributed by atoms with E-state index in [4.69, 9.17) is 0 Å². The Balaban J connectivity index is 1.73. The van der Waals surface area contributed by atoms with Crippen LogP contribution in [0.25, 0.3) is 0 Å². The molecule has 0 aliphatic rings. The average Bonchev–Trinajstić information content (AvgIpc) is 2.90. The highest BCUT2D eigenvalue weighted by atomic mass is 28.3. The van der Waals surface area contributed by atoms with Crippen molar-refractivity contribution in [1.82, 2.24) is 0 Å². The third kappa shape index (κ3) is 5.09. The van der Waals surface area contributed by atoms with Crippen LogP contribution in [0, 0.1) is 0 Å². The van der Waals surface area contributed by atoms with Crippen LogP contribution in [0.5, 0.6) is 0 Å². The number of rotatable bonds is 8. The van der Waals surface area contributed by atoms with Crippen molar-refractivity contribution in [1.29, 1.82) is 0 Å². The average molecular weight is 477 g/mol. The summed E-state index contributed by atoms with van der Waals surface area (Å²) in [6.45, 7) is 9.85. The van der Waals surface area contributed by atoms with Gasteiger partial charge in [-0.1, -0.05) is 166 Å². The standard InChI is InChI=1S/C32H36Si2/c1-27(25-33(3,29-17-9-5-10-18-29)30-19-11-6-12-20-30)28(2)26-34(4,31-21-13-7-14-22-31)32-23-15-8-16-24-32/h5-24H,25-26H2,1-4H3/b28-27-. The highest BCUT2D eigenvalue weighted by Gasteiger charge is 2.35. The molecule has 0 aliphatic heterocycles. The topological polar surface area (TPSA) is 0 Å². The molecule has 0 bridgehead atoms. The molecule has 0 aliphatic carbocycles. The minimum atomic E-state index is -1.90. The Morgan fingerprint density at radius 1 is 0.412 bits per heavy atom. The molecule has 0 heterocycles. The summed E-state index contributed by atoms with van der Waals surface area (Å²) in [6.07, 6.45) is 0. The largest absolute Gasteiger partial charge is 0.119 e. The van der Waals surface area contributed by atoms with Gasteiger partial charge in [0.25, 0.3) is 0 Å². The lowest BCUT2D eigenvalue weighted by atomic mass is 10.2. The van der Waals surface area contributed by atoms with Gasteiger partial charge in [0, 0.05) is 0 Å². The van der Waals surface area contributed by atoms with Crippen LogP contribution in [0.4, 0.5) is 0 Å². The van der Waals surface area contributed by atoms with Crippen molar-refractivity contribution in [2.24, 2.45) is 0 Å². The quantitative estimate of drug-likeness (QED) is 0.213. The van der Waals surface area contributed by atoms with E-state index >= 15 is 0 Å². The highest BCUT2D eigenvalue weighted by Crippen LogP contribution is 2.25. The molecule has 0 atom stereocenters. The second kappa shape index (κ2) is 10.5. The maximum atomic E-state index is 2.54. The van der Waals surface area contributed by atoms with Crippen molar-refractivity contribution < 1.29 is 0 Å². The molecular weight excluding hydrogens is 441 g/mol. The predicted molar refractivity (Wildman–Crippen MR) is 156 cm³/mol. The zero-order chi connectivity index (χ0) is 24.0. The van der Waals surface area contributed by atoms with Crippen LogP contribution in [-0.4, -0.2) is 16.1 Å². The Morgan fingerprint density at radius 2 is 0.618 bits per heavy atom. The van der Waals surface area contributed by atoms with Gasteiger partial charge in [-0.25, -0.2) is 0 Å². The van der Waals surface area contributed by atoms with Gasteiger partial charge in [-0.3, -0.25) is 0 Å². The van der Waals surface area contributed by atoms with E-state index in [0.717, 1.165) is 12.1 Å². The number of hydrogen-bond acceptors (Lipinski definition) is 0. The lowest BCUT2D eigenvalue weighted by Crippen LogP contribution is -2.56. The molecule has 4 aromatic rings. The summed E-state index contributed by atoms with van der Waals surface area (Å²) in [5.74, 6) is 0. The summed E-state index contributed by atoms with van der Waals surface area (Å²) in [5.41, 5.74) is 3.12. The van der Waals surface area contributed by atoms with Gasteiger partial charge in [0.15, 0.2) is 0 Å². The van der Waals surface area contributed by atoms with Gasteiger partial charge in [-0.2, -0.15) is 0 Å². The number of hydrogen-bond donors (Lipinski definition) is 0. The van der Waals surface area contributed by atoms with Crippen LogP contribution >= 0.6 is 0 Å². The SMILES string of the molecule is C/C(C[Si](C)(c1ccccc1)c1ccccc1)=C(\C)C[Si](C)(c1ccccc1)c1ccccc1. The summed E-state index contributed by atoms with van der Waals surface area (Å²) in [4.78, 5) is 0. The zero-order valence-electron chi connectivity index (χ0n) is 21.0. The van der Waals surface area contributed by atoms with Crippen molar-refractivity contribution in [3.8, 4) is 0 Å². The van der Waals surface area contributed by atoms with Gasteiger partial charge in [-0.15, -0.1) is 0 Å². The van der Waals surface area contributed by atoms with Gasteiger partial charge in [-0.05, 0) is 25.9 Å². The van der Waals surface area contributed by atoms with E-state index in [0.29, 0.717) is 0 Å². The molecule has 0 amide bonds.